The van der Waals surface area contributed by atoms with Gasteiger partial charge in [0.2, 0.25) is 0 Å². The average molecular weight is 208 g/mol. The summed E-state index contributed by atoms with van der Waals surface area (Å²) < 4.78 is 13.7. The van der Waals surface area contributed by atoms with Crippen LogP contribution in [0.25, 0.3) is 0 Å². The fourth-order valence-electron chi connectivity index (χ4n) is 1.55. The molecule has 82 valence electrons. The van der Waals surface area contributed by atoms with Crippen molar-refractivity contribution in [2.24, 2.45) is 7.05 Å². The van der Waals surface area contributed by atoms with Crippen LogP contribution in [-0.2, 0) is 16.4 Å². The first-order valence-electron chi connectivity index (χ1n) is 5.16. The van der Waals surface area contributed by atoms with Crippen molar-refractivity contribution in [1.82, 2.24) is 9.55 Å². The van der Waals surface area contributed by atoms with Gasteiger partial charge in [-0.2, -0.15) is 0 Å². The molecule has 0 spiro atoms. The van der Waals surface area contributed by atoms with E-state index in [-0.39, 0.29) is 18.3 Å². The van der Waals surface area contributed by atoms with Crippen LogP contribution in [0.15, 0.2) is 12.4 Å². The molecule has 0 bridgehead atoms. The third-order valence-corrected chi connectivity index (χ3v) is 3.32. The molecule has 0 aromatic carbocycles. The highest BCUT2D eigenvalue weighted by molar-refractivity contribution is 6.60. The fraction of sp³-hybridized carbons (Fsp3) is 0.700. The molecule has 1 saturated heterocycles. The van der Waals surface area contributed by atoms with Gasteiger partial charge in [0.25, 0.3) is 0 Å². The van der Waals surface area contributed by atoms with E-state index in [1.807, 2.05) is 45.5 Å². The molecule has 15 heavy (non-hydrogen) atoms. The maximum Gasteiger partial charge on any atom is 0.532 e. The van der Waals surface area contributed by atoms with Crippen LogP contribution in [0.5, 0.6) is 0 Å². The number of rotatable bonds is 1. The lowest BCUT2D eigenvalue weighted by molar-refractivity contribution is 0.00578. The van der Waals surface area contributed by atoms with Crippen LogP contribution < -0.4 is 5.72 Å². The second kappa shape index (κ2) is 3.09. The fourth-order valence-corrected chi connectivity index (χ4v) is 1.55. The monoisotopic (exact) mass is 208 g/mol. The lowest BCUT2D eigenvalue weighted by Crippen LogP contribution is -2.41. The van der Waals surface area contributed by atoms with Crippen LogP contribution in [0.2, 0.25) is 0 Å². The molecule has 0 amide bonds. The summed E-state index contributed by atoms with van der Waals surface area (Å²) in [6.45, 7) is 8.15. The van der Waals surface area contributed by atoms with Crippen LogP contribution >= 0.6 is 0 Å². The van der Waals surface area contributed by atoms with Crippen molar-refractivity contribution in [2.75, 3.05) is 0 Å². The first kappa shape index (κ1) is 10.7. The van der Waals surface area contributed by atoms with Crippen LogP contribution in [-0.4, -0.2) is 27.9 Å². The van der Waals surface area contributed by atoms with Crippen molar-refractivity contribution >= 4 is 12.8 Å². The quantitative estimate of drug-likeness (QED) is 0.638. The van der Waals surface area contributed by atoms with E-state index in [0.29, 0.717) is 0 Å². The first-order chi connectivity index (χ1) is 6.83. The standard InChI is InChI=1S/C10H17BN2O2/c1-9(2)10(3,4)15-11(14-9)8-12-6-7-13(8)5/h6-7H,1-5H3. The van der Waals surface area contributed by atoms with Crippen molar-refractivity contribution < 1.29 is 9.31 Å². The van der Waals surface area contributed by atoms with E-state index in [1.165, 1.54) is 0 Å². The number of hydrogen-bond donors (Lipinski definition) is 0. The van der Waals surface area contributed by atoms with Gasteiger partial charge in [0.1, 0.15) is 5.72 Å². The van der Waals surface area contributed by atoms with E-state index in [0.717, 1.165) is 5.72 Å². The highest BCUT2D eigenvalue weighted by Crippen LogP contribution is 2.36. The van der Waals surface area contributed by atoms with Crippen LogP contribution in [0.1, 0.15) is 27.7 Å². The van der Waals surface area contributed by atoms with Crippen LogP contribution in [0.4, 0.5) is 0 Å². The molecule has 2 heterocycles. The second-order valence-corrected chi connectivity index (χ2v) is 4.98. The Kier molecular flexibility index (Phi) is 2.21. The molecule has 0 atom stereocenters. The molecule has 0 radical (unpaired) electrons. The van der Waals surface area contributed by atoms with E-state index in [4.69, 9.17) is 9.31 Å². The highest BCUT2D eigenvalue weighted by atomic mass is 16.7. The Balaban J connectivity index is 2.27. The molecular weight excluding hydrogens is 191 g/mol. The number of hydrogen-bond acceptors (Lipinski definition) is 3. The van der Waals surface area contributed by atoms with E-state index < -0.39 is 0 Å². The van der Waals surface area contributed by atoms with Gasteiger partial charge >= 0.3 is 7.12 Å². The zero-order chi connectivity index (χ0) is 11.3. The molecule has 2 rings (SSSR count). The summed E-state index contributed by atoms with van der Waals surface area (Å²) in [5.74, 6) is 0. The van der Waals surface area contributed by atoms with E-state index in [9.17, 15) is 0 Å². The van der Waals surface area contributed by atoms with Gasteiger partial charge in [0.05, 0.1) is 11.2 Å². The van der Waals surface area contributed by atoms with Gasteiger partial charge in [0.15, 0.2) is 0 Å². The minimum absolute atomic E-state index is 0.302. The van der Waals surface area contributed by atoms with Gasteiger partial charge < -0.3 is 13.9 Å². The molecule has 0 saturated carbocycles. The Morgan fingerprint density at radius 1 is 1.20 bits per heavy atom. The van der Waals surface area contributed by atoms with Gasteiger partial charge in [-0.15, -0.1) is 0 Å². The van der Waals surface area contributed by atoms with Gasteiger partial charge in [-0.05, 0) is 27.7 Å². The Morgan fingerprint density at radius 3 is 2.13 bits per heavy atom. The Hall–Kier alpha value is -0.805. The minimum Gasteiger partial charge on any atom is -0.397 e. The molecule has 1 aliphatic rings. The van der Waals surface area contributed by atoms with Gasteiger partial charge in [0, 0.05) is 19.4 Å². The van der Waals surface area contributed by atoms with E-state index in [2.05, 4.69) is 4.98 Å². The second-order valence-electron chi connectivity index (χ2n) is 4.98. The predicted molar refractivity (Wildman–Crippen MR) is 58.9 cm³/mol. The first-order valence-corrected chi connectivity index (χ1v) is 5.16. The lowest BCUT2D eigenvalue weighted by Gasteiger charge is -2.32. The summed E-state index contributed by atoms with van der Waals surface area (Å²) in [6.07, 6.45) is 3.64. The SMILES string of the molecule is Cn1ccnc1B1OC(C)(C)C(C)(C)O1. The molecule has 1 aromatic heterocycles. The number of nitrogens with zero attached hydrogens (tertiary/aromatic N) is 2. The third kappa shape index (κ3) is 1.60. The maximum absolute atomic E-state index is 5.88. The average Bonchev–Trinajstić information content (AvgIpc) is 2.55. The molecule has 1 aliphatic heterocycles. The summed E-state index contributed by atoms with van der Waals surface area (Å²) >= 11 is 0. The van der Waals surface area contributed by atoms with E-state index in [1.54, 1.807) is 6.20 Å². The molecule has 0 N–H and O–H groups in total. The van der Waals surface area contributed by atoms with Crippen molar-refractivity contribution in [1.29, 1.82) is 0 Å². The van der Waals surface area contributed by atoms with Crippen molar-refractivity contribution in [3.63, 3.8) is 0 Å². The molecule has 1 aromatic rings. The number of imidazole rings is 1. The maximum atomic E-state index is 5.88. The van der Waals surface area contributed by atoms with Crippen molar-refractivity contribution in [3.05, 3.63) is 12.4 Å². The highest BCUT2D eigenvalue weighted by Gasteiger charge is 2.53. The van der Waals surface area contributed by atoms with Gasteiger partial charge in [-0.3, -0.25) is 0 Å². The molecule has 1 fully saturated rings. The lowest BCUT2D eigenvalue weighted by atomic mass is 9.89. The normalized spacial score (nSPS) is 23.4. The number of aromatic nitrogens is 2. The molecule has 0 aliphatic carbocycles. The Labute approximate surface area is 90.7 Å². The zero-order valence-corrected chi connectivity index (χ0v) is 9.94. The zero-order valence-electron chi connectivity index (χ0n) is 9.94. The Bertz CT molecular complexity index is 357. The summed E-state index contributed by atoms with van der Waals surface area (Å²) in [5.41, 5.74) is 0.210. The molecular formula is C10H17BN2O2. The molecule has 0 unspecified atom stereocenters. The summed E-state index contributed by atoms with van der Waals surface area (Å²) in [6, 6.07) is 0. The third-order valence-electron chi connectivity index (χ3n) is 3.32. The van der Waals surface area contributed by atoms with Crippen molar-refractivity contribution in [3.8, 4) is 0 Å². The Morgan fingerprint density at radius 2 is 1.73 bits per heavy atom. The van der Waals surface area contributed by atoms with Gasteiger partial charge in [-0.25, -0.2) is 4.98 Å². The molecule has 5 heteroatoms. The topological polar surface area (TPSA) is 36.3 Å². The smallest absolute Gasteiger partial charge is 0.397 e. The van der Waals surface area contributed by atoms with E-state index >= 15 is 0 Å². The largest absolute Gasteiger partial charge is 0.532 e. The summed E-state index contributed by atoms with van der Waals surface area (Å²) in [7, 11) is 1.57. The predicted octanol–water partition coefficient (Wildman–Crippen LogP) is 0.719. The van der Waals surface area contributed by atoms with Crippen molar-refractivity contribution in [2.45, 2.75) is 38.9 Å². The summed E-state index contributed by atoms with van der Waals surface area (Å²) in [5, 5.41) is 0. The minimum atomic E-state index is -0.366. The summed E-state index contributed by atoms with van der Waals surface area (Å²) in [4.78, 5) is 4.24. The van der Waals surface area contributed by atoms with Gasteiger partial charge in [-0.1, -0.05) is 0 Å². The molecule has 4 nitrogen and oxygen atoms in total. The van der Waals surface area contributed by atoms with Crippen LogP contribution in [0.3, 0.4) is 0 Å². The number of aryl methyl sites for hydroxylation is 1. The van der Waals surface area contributed by atoms with Crippen LogP contribution in [0, 0.1) is 0 Å².